The molecule has 0 amide bonds. The summed E-state index contributed by atoms with van der Waals surface area (Å²) >= 11 is 0. The maximum atomic E-state index is 13.6. The monoisotopic (exact) mass is 549 g/mol. The fourth-order valence-corrected chi connectivity index (χ4v) is 5.64. The summed E-state index contributed by atoms with van der Waals surface area (Å²) in [6, 6.07) is 26.3. The van der Waals surface area contributed by atoms with E-state index in [1.54, 1.807) is 7.11 Å². The summed E-state index contributed by atoms with van der Waals surface area (Å²) in [4.78, 5) is 21.6. The molecule has 9 nitrogen and oxygen atoms in total. The van der Waals surface area contributed by atoms with E-state index in [1.807, 2.05) is 47.1 Å². The molecule has 1 saturated heterocycles. The van der Waals surface area contributed by atoms with Crippen molar-refractivity contribution in [1.82, 2.24) is 35.0 Å². The highest BCUT2D eigenvalue weighted by molar-refractivity contribution is 5.80. The first-order chi connectivity index (χ1) is 20.1. The van der Waals surface area contributed by atoms with Gasteiger partial charge in [-0.25, -0.2) is 4.68 Å². The van der Waals surface area contributed by atoms with Gasteiger partial charge in [0.2, 0.25) is 0 Å². The second-order valence-corrected chi connectivity index (χ2v) is 10.6. The number of tetrazole rings is 1. The molecule has 1 aliphatic rings. The minimum Gasteiger partial charge on any atom is -0.497 e. The van der Waals surface area contributed by atoms with Crippen molar-refractivity contribution in [1.29, 1.82) is 0 Å². The lowest BCUT2D eigenvalue weighted by Gasteiger charge is -2.38. The number of aryl methyl sites for hydroxylation is 1. The molecule has 0 spiro atoms. The van der Waals surface area contributed by atoms with E-state index in [-0.39, 0.29) is 11.6 Å². The molecule has 9 heteroatoms. The Morgan fingerprint density at radius 2 is 1.61 bits per heavy atom. The van der Waals surface area contributed by atoms with Gasteiger partial charge in [-0.1, -0.05) is 55.5 Å². The van der Waals surface area contributed by atoms with Crippen molar-refractivity contribution in [3.63, 3.8) is 0 Å². The Kier molecular flexibility index (Phi) is 7.89. The highest BCUT2D eigenvalue weighted by atomic mass is 16.5. The molecule has 0 bridgehead atoms. The van der Waals surface area contributed by atoms with Crippen LogP contribution in [-0.4, -0.2) is 68.3 Å². The summed E-state index contributed by atoms with van der Waals surface area (Å²) in [5.41, 5.74) is 4.96. The molecular formula is C32H35N7O2. The van der Waals surface area contributed by atoms with Gasteiger partial charge in [0, 0.05) is 43.8 Å². The molecule has 1 atom stereocenters. The number of hydrogen-bond acceptors (Lipinski definition) is 7. The van der Waals surface area contributed by atoms with Gasteiger partial charge in [-0.3, -0.25) is 14.6 Å². The summed E-state index contributed by atoms with van der Waals surface area (Å²) in [6.45, 7) is 6.89. The zero-order valence-corrected chi connectivity index (χ0v) is 23.5. The molecule has 3 heterocycles. The van der Waals surface area contributed by atoms with Crippen LogP contribution in [0.5, 0.6) is 5.75 Å². The van der Waals surface area contributed by atoms with Crippen molar-refractivity contribution in [2.24, 2.45) is 0 Å². The molecule has 2 aromatic heterocycles. The summed E-state index contributed by atoms with van der Waals surface area (Å²) in [6.07, 6.45) is 0.928. The van der Waals surface area contributed by atoms with Crippen LogP contribution in [0, 0.1) is 0 Å². The molecular weight excluding hydrogens is 514 g/mol. The number of H-pyrrole nitrogens is 1. The van der Waals surface area contributed by atoms with E-state index >= 15 is 0 Å². The van der Waals surface area contributed by atoms with Gasteiger partial charge in [-0.15, -0.1) is 5.10 Å². The van der Waals surface area contributed by atoms with E-state index in [1.165, 1.54) is 11.1 Å². The summed E-state index contributed by atoms with van der Waals surface area (Å²) in [7, 11) is 1.66. The van der Waals surface area contributed by atoms with Crippen LogP contribution in [0.4, 0.5) is 0 Å². The molecule has 3 aromatic carbocycles. The minimum absolute atomic E-state index is 0.113. The van der Waals surface area contributed by atoms with Crippen molar-refractivity contribution >= 4 is 10.9 Å². The summed E-state index contributed by atoms with van der Waals surface area (Å²) < 4.78 is 7.13. The molecule has 0 radical (unpaired) electrons. The van der Waals surface area contributed by atoms with Crippen LogP contribution in [0.3, 0.4) is 0 Å². The molecule has 0 saturated carbocycles. The quantitative estimate of drug-likeness (QED) is 0.297. The van der Waals surface area contributed by atoms with Crippen LogP contribution in [0.1, 0.15) is 41.0 Å². The van der Waals surface area contributed by atoms with Crippen molar-refractivity contribution in [2.45, 2.75) is 32.5 Å². The number of fused-ring (bicyclic) bond motifs is 1. The van der Waals surface area contributed by atoms with Crippen LogP contribution >= 0.6 is 0 Å². The van der Waals surface area contributed by atoms with Crippen LogP contribution in [0.2, 0.25) is 0 Å². The topological polar surface area (TPSA) is 92.2 Å². The lowest BCUT2D eigenvalue weighted by atomic mass is 10.0. The number of ether oxygens (including phenoxy) is 1. The lowest BCUT2D eigenvalue weighted by molar-refractivity contribution is 0.0998. The minimum atomic E-state index is -0.388. The van der Waals surface area contributed by atoms with Gasteiger partial charge >= 0.3 is 0 Å². The number of pyridine rings is 1. The number of benzene rings is 3. The number of aromatic amines is 1. The third-order valence-corrected chi connectivity index (χ3v) is 7.96. The van der Waals surface area contributed by atoms with E-state index in [9.17, 15) is 4.79 Å². The van der Waals surface area contributed by atoms with Gasteiger partial charge in [0.05, 0.1) is 13.7 Å². The van der Waals surface area contributed by atoms with E-state index in [4.69, 9.17) is 4.74 Å². The lowest BCUT2D eigenvalue weighted by Crippen LogP contribution is -2.48. The predicted octanol–water partition coefficient (Wildman–Crippen LogP) is 4.04. The molecule has 1 aliphatic heterocycles. The number of rotatable bonds is 9. The largest absolute Gasteiger partial charge is 0.497 e. The van der Waals surface area contributed by atoms with Crippen molar-refractivity contribution in [3.05, 3.63) is 117 Å². The first kappa shape index (κ1) is 26.9. The SMILES string of the molecule is CCc1ccc2[nH]c(=O)c(C(c3nnnn3Cc3ccc(OC)cc3)N3CCN(Cc4ccccc4)CC3)cc2c1. The van der Waals surface area contributed by atoms with Crippen LogP contribution in [-0.2, 0) is 19.5 Å². The fourth-order valence-electron chi connectivity index (χ4n) is 5.64. The number of methoxy groups -OCH3 is 1. The summed E-state index contributed by atoms with van der Waals surface area (Å²) in [5, 5.41) is 14.0. The Balaban J connectivity index is 1.35. The van der Waals surface area contributed by atoms with Gasteiger partial charge in [0.15, 0.2) is 5.82 Å². The van der Waals surface area contributed by atoms with Gasteiger partial charge in [0.25, 0.3) is 5.56 Å². The smallest absolute Gasteiger partial charge is 0.253 e. The molecule has 210 valence electrons. The fraction of sp³-hybridized carbons (Fsp3) is 0.312. The highest BCUT2D eigenvalue weighted by Gasteiger charge is 2.32. The third-order valence-electron chi connectivity index (χ3n) is 7.96. The van der Waals surface area contributed by atoms with Gasteiger partial charge in [-0.2, -0.15) is 0 Å². The Hall–Kier alpha value is -4.34. The molecule has 5 aromatic rings. The second kappa shape index (κ2) is 12.0. The van der Waals surface area contributed by atoms with Crippen LogP contribution in [0.15, 0.2) is 83.7 Å². The second-order valence-electron chi connectivity index (χ2n) is 10.6. The predicted molar refractivity (Wildman–Crippen MR) is 159 cm³/mol. The first-order valence-corrected chi connectivity index (χ1v) is 14.2. The van der Waals surface area contributed by atoms with Gasteiger partial charge in [-0.05, 0) is 69.3 Å². The Morgan fingerprint density at radius 1 is 0.878 bits per heavy atom. The van der Waals surface area contributed by atoms with E-state index in [0.717, 1.165) is 61.4 Å². The summed E-state index contributed by atoms with van der Waals surface area (Å²) in [5.74, 6) is 1.46. The zero-order chi connectivity index (χ0) is 28.2. The highest BCUT2D eigenvalue weighted by Crippen LogP contribution is 2.29. The molecule has 1 N–H and O–H groups in total. The van der Waals surface area contributed by atoms with Crippen LogP contribution < -0.4 is 10.3 Å². The molecule has 0 aliphatic carbocycles. The normalized spacial score (nSPS) is 15.3. The Labute approximate surface area is 239 Å². The standard InChI is InChI=1S/C32H35N7O2/c1-3-23-11-14-29-26(19-23)20-28(32(40)33-29)30(38-17-15-37(16-18-38)21-24-7-5-4-6-8-24)31-34-35-36-39(31)22-25-9-12-27(41-2)13-10-25/h4-14,19-20,30H,3,15-18,21-22H2,1-2H3,(H,33,40). The zero-order valence-electron chi connectivity index (χ0n) is 23.5. The number of aromatic nitrogens is 5. The van der Waals surface area contributed by atoms with Crippen LogP contribution in [0.25, 0.3) is 10.9 Å². The number of nitrogens with one attached hydrogen (secondary N) is 1. The maximum absolute atomic E-state index is 13.6. The molecule has 1 fully saturated rings. The van der Waals surface area contributed by atoms with E-state index in [2.05, 4.69) is 73.6 Å². The molecule has 6 rings (SSSR count). The number of piperazine rings is 1. The Bertz CT molecular complexity index is 1660. The third kappa shape index (κ3) is 5.91. The number of hydrogen-bond donors (Lipinski definition) is 1. The van der Waals surface area contributed by atoms with Crippen molar-refractivity contribution in [3.8, 4) is 5.75 Å². The number of nitrogens with zero attached hydrogens (tertiary/aromatic N) is 6. The Morgan fingerprint density at radius 3 is 2.34 bits per heavy atom. The van der Waals surface area contributed by atoms with E-state index < -0.39 is 0 Å². The van der Waals surface area contributed by atoms with Gasteiger partial charge in [0.1, 0.15) is 11.8 Å². The van der Waals surface area contributed by atoms with Crippen molar-refractivity contribution < 1.29 is 4.74 Å². The maximum Gasteiger partial charge on any atom is 0.253 e. The van der Waals surface area contributed by atoms with E-state index in [0.29, 0.717) is 17.9 Å². The molecule has 1 unspecified atom stereocenters. The average molecular weight is 550 g/mol. The molecule has 41 heavy (non-hydrogen) atoms. The van der Waals surface area contributed by atoms with Crippen molar-refractivity contribution in [2.75, 3.05) is 33.3 Å². The average Bonchev–Trinajstić information content (AvgIpc) is 3.46. The van der Waals surface area contributed by atoms with Gasteiger partial charge < -0.3 is 9.72 Å². The first-order valence-electron chi connectivity index (χ1n) is 14.2.